The predicted octanol–water partition coefficient (Wildman–Crippen LogP) is 2.94. The van der Waals surface area contributed by atoms with Crippen LogP contribution in [0.5, 0.6) is 5.75 Å². The smallest absolute Gasteiger partial charge is 0.120 e. The number of ether oxygens (including phenoxy) is 2. The van der Waals surface area contributed by atoms with E-state index in [1.807, 2.05) is 18.5 Å². The van der Waals surface area contributed by atoms with Gasteiger partial charge in [-0.05, 0) is 34.5 Å². The van der Waals surface area contributed by atoms with Crippen molar-refractivity contribution >= 4 is 10.8 Å². The Morgan fingerprint density at radius 1 is 1.04 bits per heavy atom. The SMILES string of the molecule is c1cc2cc(-c3cn[nH]c3)ccc2cc1OCCN1CCOCC1. The lowest BCUT2D eigenvalue weighted by Gasteiger charge is -2.26. The Kier molecular flexibility index (Phi) is 4.44. The van der Waals surface area contributed by atoms with Crippen LogP contribution in [0.15, 0.2) is 48.8 Å². The molecule has 0 spiro atoms. The van der Waals surface area contributed by atoms with Crippen molar-refractivity contribution in [2.24, 2.45) is 0 Å². The Bertz CT molecular complexity index is 795. The van der Waals surface area contributed by atoms with E-state index in [-0.39, 0.29) is 0 Å². The molecular formula is C19H21N3O2. The molecule has 0 atom stereocenters. The number of aromatic nitrogens is 2. The minimum absolute atomic E-state index is 0.707. The molecule has 0 saturated carbocycles. The van der Waals surface area contributed by atoms with Gasteiger partial charge in [0.05, 0.1) is 19.4 Å². The molecule has 1 aliphatic heterocycles. The minimum atomic E-state index is 0.707. The van der Waals surface area contributed by atoms with Crippen LogP contribution in [-0.4, -0.2) is 54.6 Å². The summed E-state index contributed by atoms with van der Waals surface area (Å²) in [4.78, 5) is 2.38. The van der Waals surface area contributed by atoms with E-state index < -0.39 is 0 Å². The minimum Gasteiger partial charge on any atom is -0.492 e. The van der Waals surface area contributed by atoms with Gasteiger partial charge in [0.2, 0.25) is 0 Å². The molecule has 24 heavy (non-hydrogen) atoms. The number of hydrogen-bond acceptors (Lipinski definition) is 4. The van der Waals surface area contributed by atoms with Crippen molar-refractivity contribution in [2.75, 3.05) is 39.5 Å². The number of H-pyrrole nitrogens is 1. The summed E-state index contributed by atoms with van der Waals surface area (Å²) in [6, 6.07) is 12.7. The third-order valence-electron chi connectivity index (χ3n) is 4.42. The van der Waals surface area contributed by atoms with E-state index in [9.17, 15) is 0 Å². The van der Waals surface area contributed by atoms with Crippen molar-refractivity contribution < 1.29 is 9.47 Å². The molecule has 1 aromatic heterocycles. The number of fused-ring (bicyclic) bond motifs is 1. The first-order chi connectivity index (χ1) is 11.9. The predicted molar refractivity (Wildman–Crippen MR) is 94.3 cm³/mol. The lowest BCUT2D eigenvalue weighted by atomic mass is 10.0. The highest BCUT2D eigenvalue weighted by atomic mass is 16.5. The number of nitrogens with zero attached hydrogens (tertiary/aromatic N) is 2. The molecule has 1 saturated heterocycles. The number of morpholine rings is 1. The zero-order chi connectivity index (χ0) is 16.2. The summed E-state index contributed by atoms with van der Waals surface area (Å²) in [6.07, 6.45) is 3.74. The molecular weight excluding hydrogens is 302 g/mol. The quantitative estimate of drug-likeness (QED) is 0.784. The van der Waals surface area contributed by atoms with Gasteiger partial charge in [-0.25, -0.2) is 0 Å². The highest BCUT2D eigenvalue weighted by Gasteiger charge is 2.10. The van der Waals surface area contributed by atoms with Crippen LogP contribution < -0.4 is 4.74 Å². The highest BCUT2D eigenvalue weighted by molar-refractivity contribution is 5.88. The van der Waals surface area contributed by atoms with Crippen LogP contribution in [0.3, 0.4) is 0 Å². The highest BCUT2D eigenvalue weighted by Crippen LogP contribution is 2.26. The zero-order valence-corrected chi connectivity index (χ0v) is 13.6. The van der Waals surface area contributed by atoms with Crippen molar-refractivity contribution in [1.82, 2.24) is 15.1 Å². The van der Waals surface area contributed by atoms with Crippen LogP contribution in [0.25, 0.3) is 21.9 Å². The van der Waals surface area contributed by atoms with Gasteiger partial charge in [0.1, 0.15) is 12.4 Å². The van der Waals surface area contributed by atoms with Crippen LogP contribution in [0.1, 0.15) is 0 Å². The molecule has 5 nitrogen and oxygen atoms in total. The van der Waals surface area contributed by atoms with Gasteiger partial charge in [-0.1, -0.05) is 18.2 Å². The van der Waals surface area contributed by atoms with E-state index in [2.05, 4.69) is 45.4 Å². The number of hydrogen-bond donors (Lipinski definition) is 1. The first-order valence-electron chi connectivity index (χ1n) is 8.34. The Morgan fingerprint density at radius 3 is 2.71 bits per heavy atom. The van der Waals surface area contributed by atoms with Gasteiger partial charge in [0.25, 0.3) is 0 Å². The summed E-state index contributed by atoms with van der Waals surface area (Å²) in [6.45, 7) is 5.30. The van der Waals surface area contributed by atoms with Crippen molar-refractivity contribution in [3.63, 3.8) is 0 Å². The average Bonchev–Trinajstić information content (AvgIpc) is 3.17. The monoisotopic (exact) mass is 323 g/mol. The molecule has 3 aromatic rings. The summed E-state index contributed by atoms with van der Waals surface area (Å²) in [5.41, 5.74) is 2.26. The molecule has 0 radical (unpaired) electrons. The molecule has 1 N–H and O–H groups in total. The van der Waals surface area contributed by atoms with Gasteiger partial charge in [-0.15, -0.1) is 0 Å². The van der Waals surface area contributed by atoms with E-state index in [1.165, 1.54) is 10.8 Å². The van der Waals surface area contributed by atoms with Crippen molar-refractivity contribution in [2.45, 2.75) is 0 Å². The summed E-state index contributed by atoms with van der Waals surface area (Å²) < 4.78 is 11.3. The Balaban J connectivity index is 1.42. The molecule has 2 aromatic carbocycles. The molecule has 5 heteroatoms. The van der Waals surface area contributed by atoms with Crippen LogP contribution in [0.4, 0.5) is 0 Å². The standard InChI is InChI=1S/C19H21N3O2/c1-2-17-12-19(24-10-7-22-5-8-23-9-6-22)4-3-15(17)11-16(1)18-13-20-21-14-18/h1-4,11-14H,5-10H2,(H,20,21). The Morgan fingerprint density at radius 2 is 1.88 bits per heavy atom. The number of nitrogens with one attached hydrogen (secondary N) is 1. The fourth-order valence-electron chi connectivity index (χ4n) is 3.02. The van der Waals surface area contributed by atoms with E-state index in [0.717, 1.165) is 49.7 Å². The van der Waals surface area contributed by atoms with E-state index in [0.29, 0.717) is 6.61 Å². The van der Waals surface area contributed by atoms with E-state index in [1.54, 1.807) is 0 Å². The van der Waals surface area contributed by atoms with Gasteiger partial charge >= 0.3 is 0 Å². The molecule has 0 unspecified atom stereocenters. The van der Waals surface area contributed by atoms with Gasteiger partial charge < -0.3 is 9.47 Å². The van der Waals surface area contributed by atoms with Crippen LogP contribution in [0, 0.1) is 0 Å². The molecule has 1 aliphatic rings. The number of aromatic amines is 1. The third kappa shape index (κ3) is 3.42. The van der Waals surface area contributed by atoms with Crippen molar-refractivity contribution in [3.05, 3.63) is 48.8 Å². The van der Waals surface area contributed by atoms with Gasteiger partial charge in [0, 0.05) is 31.4 Å². The zero-order valence-electron chi connectivity index (χ0n) is 13.6. The molecule has 4 rings (SSSR count). The van der Waals surface area contributed by atoms with Crippen molar-refractivity contribution in [3.8, 4) is 16.9 Å². The second-order valence-corrected chi connectivity index (χ2v) is 6.01. The van der Waals surface area contributed by atoms with Gasteiger partial charge in [-0.2, -0.15) is 5.10 Å². The maximum atomic E-state index is 5.92. The summed E-state index contributed by atoms with van der Waals surface area (Å²) >= 11 is 0. The maximum Gasteiger partial charge on any atom is 0.120 e. The van der Waals surface area contributed by atoms with Crippen LogP contribution in [0.2, 0.25) is 0 Å². The Labute approximate surface area is 141 Å². The lowest BCUT2D eigenvalue weighted by Crippen LogP contribution is -2.38. The topological polar surface area (TPSA) is 50.4 Å². The molecule has 124 valence electrons. The fourth-order valence-corrected chi connectivity index (χ4v) is 3.02. The normalized spacial score (nSPS) is 15.7. The van der Waals surface area contributed by atoms with E-state index >= 15 is 0 Å². The molecule has 2 heterocycles. The third-order valence-corrected chi connectivity index (χ3v) is 4.42. The average molecular weight is 323 g/mol. The lowest BCUT2D eigenvalue weighted by molar-refractivity contribution is 0.0322. The first-order valence-corrected chi connectivity index (χ1v) is 8.34. The second kappa shape index (κ2) is 7.03. The Hall–Kier alpha value is -2.37. The summed E-state index contributed by atoms with van der Waals surface area (Å²) in [5.74, 6) is 0.923. The summed E-state index contributed by atoms with van der Waals surface area (Å²) in [5, 5.41) is 9.25. The van der Waals surface area contributed by atoms with Gasteiger partial charge in [-0.3, -0.25) is 10.00 Å². The molecule has 0 amide bonds. The number of rotatable bonds is 5. The van der Waals surface area contributed by atoms with E-state index in [4.69, 9.17) is 9.47 Å². The molecule has 0 bridgehead atoms. The second-order valence-electron chi connectivity index (χ2n) is 6.01. The molecule has 1 fully saturated rings. The van der Waals surface area contributed by atoms with Crippen LogP contribution >= 0.6 is 0 Å². The largest absolute Gasteiger partial charge is 0.492 e. The maximum absolute atomic E-state index is 5.92. The van der Waals surface area contributed by atoms with Gasteiger partial charge in [0.15, 0.2) is 0 Å². The summed E-state index contributed by atoms with van der Waals surface area (Å²) in [7, 11) is 0. The van der Waals surface area contributed by atoms with Crippen LogP contribution in [-0.2, 0) is 4.74 Å². The number of benzene rings is 2. The molecule has 0 aliphatic carbocycles. The first kappa shape index (κ1) is 15.2. The van der Waals surface area contributed by atoms with Crippen molar-refractivity contribution in [1.29, 1.82) is 0 Å². The fraction of sp³-hybridized carbons (Fsp3) is 0.316.